The summed E-state index contributed by atoms with van der Waals surface area (Å²) in [5.74, 6) is -0.287. The van der Waals surface area contributed by atoms with Gasteiger partial charge < -0.3 is 15.0 Å². The van der Waals surface area contributed by atoms with Gasteiger partial charge >= 0.3 is 0 Å². The number of hydrogen-bond donors (Lipinski definition) is 2. The highest BCUT2D eigenvalue weighted by Crippen LogP contribution is 2.21. The lowest BCUT2D eigenvalue weighted by Crippen LogP contribution is -2.13. The van der Waals surface area contributed by atoms with Crippen LogP contribution in [-0.2, 0) is 11.3 Å². The molecule has 0 saturated heterocycles. The summed E-state index contributed by atoms with van der Waals surface area (Å²) < 4.78 is 6.61. The van der Waals surface area contributed by atoms with Gasteiger partial charge in [-0.25, -0.2) is 4.68 Å². The summed E-state index contributed by atoms with van der Waals surface area (Å²) >= 11 is 0. The lowest BCUT2D eigenvalue weighted by Gasteiger charge is -2.10. The number of aromatic nitrogens is 5. The molecule has 4 rings (SSSR count). The van der Waals surface area contributed by atoms with E-state index in [-0.39, 0.29) is 11.5 Å². The molecule has 0 spiro atoms. The van der Waals surface area contributed by atoms with Crippen LogP contribution < -0.4 is 10.9 Å². The number of anilines is 1. The molecule has 0 aliphatic rings. The summed E-state index contributed by atoms with van der Waals surface area (Å²) in [6.45, 7) is 0.329. The third-order valence-electron chi connectivity index (χ3n) is 4.21. The van der Waals surface area contributed by atoms with Gasteiger partial charge in [0.1, 0.15) is 6.33 Å². The van der Waals surface area contributed by atoms with Gasteiger partial charge in [0.25, 0.3) is 5.91 Å². The zero-order chi connectivity index (χ0) is 19.5. The summed E-state index contributed by atoms with van der Waals surface area (Å²) in [6, 6.07) is 13.8. The van der Waals surface area contributed by atoms with Gasteiger partial charge in [-0.2, -0.15) is 0 Å². The number of rotatable bonds is 5. The smallest absolute Gasteiger partial charge is 0.255 e. The van der Waals surface area contributed by atoms with Crippen molar-refractivity contribution in [2.24, 2.45) is 0 Å². The number of fused-ring (bicyclic) bond motifs is 1. The van der Waals surface area contributed by atoms with Crippen molar-refractivity contribution in [1.29, 1.82) is 0 Å². The molecule has 2 aromatic carbocycles. The number of aromatic amines is 1. The van der Waals surface area contributed by atoms with E-state index in [1.807, 2.05) is 6.07 Å². The van der Waals surface area contributed by atoms with E-state index in [1.165, 1.54) is 17.1 Å². The first-order valence-corrected chi connectivity index (χ1v) is 8.44. The van der Waals surface area contributed by atoms with Gasteiger partial charge in [0.15, 0.2) is 0 Å². The highest BCUT2D eigenvalue weighted by atomic mass is 16.5. The van der Waals surface area contributed by atoms with E-state index in [9.17, 15) is 9.59 Å². The maximum absolute atomic E-state index is 12.6. The van der Waals surface area contributed by atoms with Crippen LogP contribution in [0.1, 0.15) is 15.9 Å². The van der Waals surface area contributed by atoms with Crippen molar-refractivity contribution in [3.05, 3.63) is 76.3 Å². The Kier molecular flexibility index (Phi) is 4.65. The van der Waals surface area contributed by atoms with E-state index in [4.69, 9.17) is 4.74 Å². The van der Waals surface area contributed by atoms with Crippen molar-refractivity contribution in [1.82, 2.24) is 25.2 Å². The van der Waals surface area contributed by atoms with Gasteiger partial charge in [0.05, 0.1) is 17.8 Å². The molecule has 0 unspecified atom stereocenters. The maximum Gasteiger partial charge on any atom is 0.255 e. The van der Waals surface area contributed by atoms with E-state index in [0.29, 0.717) is 29.1 Å². The van der Waals surface area contributed by atoms with Gasteiger partial charge in [0, 0.05) is 29.8 Å². The molecule has 0 atom stereocenters. The van der Waals surface area contributed by atoms with E-state index >= 15 is 0 Å². The van der Waals surface area contributed by atoms with Gasteiger partial charge in [-0.3, -0.25) is 9.59 Å². The minimum absolute atomic E-state index is 0.225. The quantitative estimate of drug-likeness (QED) is 0.550. The van der Waals surface area contributed by atoms with Crippen LogP contribution in [0, 0.1) is 0 Å². The zero-order valence-corrected chi connectivity index (χ0v) is 14.9. The molecule has 140 valence electrons. The van der Waals surface area contributed by atoms with Crippen LogP contribution in [0.2, 0.25) is 0 Å². The highest BCUT2D eigenvalue weighted by Gasteiger charge is 2.10. The largest absolute Gasteiger partial charge is 0.380 e. The average Bonchev–Trinajstić information content (AvgIpc) is 3.23. The van der Waals surface area contributed by atoms with Gasteiger partial charge in [-0.1, -0.05) is 12.1 Å². The monoisotopic (exact) mass is 376 g/mol. The summed E-state index contributed by atoms with van der Waals surface area (Å²) in [6.07, 6.45) is 1.45. The molecule has 28 heavy (non-hydrogen) atoms. The first kappa shape index (κ1) is 17.6. The number of carbonyl (C=O) groups excluding carboxylic acids is 1. The number of pyridine rings is 1. The molecule has 4 aromatic rings. The summed E-state index contributed by atoms with van der Waals surface area (Å²) in [5, 5.41) is 14.7. The number of nitrogens with zero attached hydrogens (tertiary/aromatic N) is 4. The molecule has 1 amide bonds. The molecule has 9 nitrogen and oxygen atoms in total. The number of hydrogen-bond acceptors (Lipinski definition) is 6. The predicted molar refractivity (Wildman–Crippen MR) is 102 cm³/mol. The predicted octanol–water partition coefficient (Wildman–Crippen LogP) is 1.90. The normalized spacial score (nSPS) is 10.9. The summed E-state index contributed by atoms with van der Waals surface area (Å²) in [5.41, 5.74) is 2.88. The van der Waals surface area contributed by atoms with E-state index in [1.54, 1.807) is 43.5 Å². The topological polar surface area (TPSA) is 115 Å². The number of nitrogens with one attached hydrogen (secondary N) is 2. The molecular weight excluding hydrogens is 360 g/mol. The third kappa shape index (κ3) is 3.51. The Morgan fingerprint density at radius 2 is 2.11 bits per heavy atom. The number of methoxy groups -OCH3 is 1. The molecule has 0 aliphatic heterocycles. The molecule has 2 aromatic heterocycles. The van der Waals surface area contributed by atoms with Crippen LogP contribution in [0.4, 0.5) is 5.69 Å². The van der Waals surface area contributed by atoms with Crippen molar-refractivity contribution < 1.29 is 9.53 Å². The Balaban J connectivity index is 1.62. The van der Waals surface area contributed by atoms with Gasteiger partial charge in [-0.15, -0.1) is 5.10 Å². The first-order valence-electron chi connectivity index (χ1n) is 8.44. The molecule has 2 N–H and O–H groups in total. The fourth-order valence-corrected chi connectivity index (χ4v) is 2.96. The second kappa shape index (κ2) is 7.41. The lowest BCUT2D eigenvalue weighted by molar-refractivity contribution is 0.102. The van der Waals surface area contributed by atoms with Crippen LogP contribution in [0.5, 0.6) is 0 Å². The Labute approximate surface area is 159 Å². The number of carbonyl (C=O) groups is 1. The standard InChI is InChI=1S/C19H16N6O3/c1-28-10-13-8-18(26)22-17-9-14(5-6-16(13)17)21-19(27)12-3-2-4-15(7-12)25-11-20-23-24-25/h2-9,11H,10H2,1H3,(H,21,27)(H,22,26). The highest BCUT2D eigenvalue weighted by molar-refractivity contribution is 6.05. The molecule has 0 radical (unpaired) electrons. The SMILES string of the molecule is COCc1cc(=O)[nH]c2cc(NC(=O)c3cccc(-n4cnnn4)c3)ccc12. The molecule has 0 aliphatic carbocycles. The summed E-state index contributed by atoms with van der Waals surface area (Å²) in [4.78, 5) is 27.3. The van der Waals surface area contributed by atoms with Crippen molar-refractivity contribution in [3.8, 4) is 5.69 Å². The third-order valence-corrected chi connectivity index (χ3v) is 4.21. The van der Waals surface area contributed by atoms with Gasteiger partial charge in [0.2, 0.25) is 5.56 Å². The Hall–Kier alpha value is -3.85. The fraction of sp³-hybridized carbons (Fsp3) is 0.105. The van der Waals surface area contributed by atoms with Crippen LogP contribution in [-0.4, -0.2) is 38.2 Å². The lowest BCUT2D eigenvalue weighted by atomic mass is 10.1. The molecule has 0 fully saturated rings. The van der Waals surface area contributed by atoms with Crippen molar-refractivity contribution in [2.45, 2.75) is 6.61 Å². The fourth-order valence-electron chi connectivity index (χ4n) is 2.96. The Morgan fingerprint density at radius 1 is 1.21 bits per heavy atom. The second-order valence-corrected chi connectivity index (χ2v) is 6.11. The minimum Gasteiger partial charge on any atom is -0.380 e. The number of H-pyrrole nitrogens is 1. The van der Waals surface area contributed by atoms with Crippen LogP contribution in [0.3, 0.4) is 0 Å². The number of amides is 1. The van der Waals surface area contributed by atoms with Crippen LogP contribution in [0.25, 0.3) is 16.6 Å². The Bertz CT molecular complexity index is 1200. The molecular formula is C19H16N6O3. The van der Waals surface area contributed by atoms with E-state index in [0.717, 1.165) is 10.9 Å². The van der Waals surface area contributed by atoms with Crippen LogP contribution >= 0.6 is 0 Å². The maximum atomic E-state index is 12.6. The van der Waals surface area contributed by atoms with Crippen molar-refractivity contribution >= 4 is 22.5 Å². The minimum atomic E-state index is -0.287. The Morgan fingerprint density at radius 3 is 2.89 bits per heavy atom. The molecule has 0 bridgehead atoms. The van der Waals surface area contributed by atoms with E-state index in [2.05, 4.69) is 25.8 Å². The zero-order valence-electron chi connectivity index (χ0n) is 14.9. The molecule has 0 saturated carbocycles. The second-order valence-electron chi connectivity index (χ2n) is 6.11. The van der Waals surface area contributed by atoms with Crippen molar-refractivity contribution in [3.63, 3.8) is 0 Å². The first-order chi connectivity index (χ1) is 13.6. The number of ether oxygens (including phenoxy) is 1. The van der Waals surface area contributed by atoms with Crippen molar-refractivity contribution in [2.75, 3.05) is 12.4 Å². The van der Waals surface area contributed by atoms with Crippen LogP contribution in [0.15, 0.2) is 59.7 Å². The number of benzene rings is 2. The molecule has 9 heteroatoms. The summed E-state index contributed by atoms with van der Waals surface area (Å²) in [7, 11) is 1.57. The number of tetrazole rings is 1. The van der Waals surface area contributed by atoms with Gasteiger partial charge in [-0.05, 0) is 46.3 Å². The average molecular weight is 376 g/mol. The molecule has 2 heterocycles. The van der Waals surface area contributed by atoms with E-state index < -0.39 is 0 Å².